The summed E-state index contributed by atoms with van der Waals surface area (Å²) in [6.45, 7) is 6.42. The van der Waals surface area contributed by atoms with Crippen LogP contribution in [-0.4, -0.2) is 21.9 Å². The molecule has 18 heavy (non-hydrogen) atoms. The molecule has 0 spiro atoms. The maximum atomic E-state index is 5.89. The Morgan fingerprint density at radius 3 is 2.83 bits per heavy atom. The molecule has 1 N–H and O–H groups in total. The number of alkyl halides is 1. The molecule has 5 heteroatoms. The highest BCUT2D eigenvalue weighted by Gasteiger charge is 2.14. The van der Waals surface area contributed by atoms with Crippen LogP contribution in [0.3, 0.4) is 0 Å². The van der Waals surface area contributed by atoms with E-state index in [1.165, 1.54) is 4.88 Å². The average molecular weight is 284 g/mol. The minimum Gasteiger partial charge on any atom is -0.367 e. The monoisotopic (exact) mass is 283 g/mol. The number of hydrogen-bond acceptors (Lipinski definition) is 4. The van der Waals surface area contributed by atoms with Gasteiger partial charge in [0.15, 0.2) is 0 Å². The number of hydrogen-bond donors (Lipinski definition) is 1. The summed E-state index contributed by atoms with van der Waals surface area (Å²) >= 11 is 7.62. The molecule has 3 nitrogen and oxygen atoms in total. The number of nitrogens with one attached hydrogen (secondary N) is 1. The van der Waals surface area contributed by atoms with Crippen LogP contribution >= 0.6 is 22.9 Å². The summed E-state index contributed by atoms with van der Waals surface area (Å²) in [5.74, 6) is 1.97. The number of nitrogens with zero attached hydrogens (tertiary/aromatic N) is 2. The van der Waals surface area contributed by atoms with E-state index in [1.54, 1.807) is 17.7 Å². The molecular weight excluding hydrogens is 266 g/mol. The van der Waals surface area contributed by atoms with Gasteiger partial charge in [-0.3, -0.25) is 0 Å². The smallest absolute Gasteiger partial charge is 0.138 e. The van der Waals surface area contributed by atoms with Gasteiger partial charge >= 0.3 is 0 Å². The van der Waals surface area contributed by atoms with Crippen molar-refractivity contribution in [2.24, 2.45) is 5.92 Å². The summed E-state index contributed by atoms with van der Waals surface area (Å²) in [6.07, 6.45) is 2.66. The van der Waals surface area contributed by atoms with Gasteiger partial charge in [0, 0.05) is 16.8 Å². The molecule has 0 bridgehead atoms. The predicted octanol–water partition coefficient (Wildman–Crippen LogP) is 3.93. The van der Waals surface area contributed by atoms with Gasteiger partial charge in [0.25, 0.3) is 0 Å². The lowest BCUT2D eigenvalue weighted by atomic mass is 10.1. The van der Waals surface area contributed by atoms with Crippen molar-refractivity contribution in [1.82, 2.24) is 9.97 Å². The van der Waals surface area contributed by atoms with Crippen molar-refractivity contribution < 1.29 is 0 Å². The molecule has 0 aliphatic carbocycles. The Hall–Kier alpha value is -0.870. The Morgan fingerprint density at radius 2 is 2.17 bits per heavy atom. The van der Waals surface area contributed by atoms with Crippen LogP contribution in [0.2, 0.25) is 0 Å². The van der Waals surface area contributed by atoms with Gasteiger partial charge in [0.2, 0.25) is 0 Å². The molecule has 0 saturated carbocycles. The fourth-order valence-electron chi connectivity index (χ4n) is 1.69. The molecule has 0 aliphatic heterocycles. The van der Waals surface area contributed by atoms with Crippen LogP contribution in [0.4, 0.5) is 5.82 Å². The van der Waals surface area contributed by atoms with Crippen LogP contribution in [0, 0.1) is 5.92 Å². The molecule has 98 valence electrons. The third kappa shape index (κ3) is 2.75. The topological polar surface area (TPSA) is 37.8 Å². The average Bonchev–Trinajstić information content (AvgIpc) is 2.81. The highest BCUT2D eigenvalue weighted by Crippen LogP contribution is 2.29. The number of aromatic nitrogens is 2. The Labute approximate surface area is 117 Å². The van der Waals surface area contributed by atoms with E-state index in [1.807, 2.05) is 0 Å². The molecule has 2 atom stereocenters. The lowest BCUT2D eigenvalue weighted by molar-refractivity contribution is 0.565. The minimum absolute atomic E-state index is 0.297. The number of rotatable bonds is 5. The van der Waals surface area contributed by atoms with Crippen molar-refractivity contribution in [2.75, 3.05) is 11.2 Å². The highest BCUT2D eigenvalue weighted by molar-refractivity contribution is 7.18. The fraction of sp³-hybridized carbons (Fsp3) is 0.538. The summed E-state index contributed by atoms with van der Waals surface area (Å²) in [6, 6.07) is 2.48. The zero-order chi connectivity index (χ0) is 13.1. The second-order valence-corrected chi connectivity index (χ2v) is 6.00. The van der Waals surface area contributed by atoms with Gasteiger partial charge in [-0.1, -0.05) is 13.8 Å². The summed E-state index contributed by atoms with van der Waals surface area (Å²) in [4.78, 5) is 11.1. The zero-order valence-electron chi connectivity index (χ0n) is 10.9. The molecule has 0 aliphatic rings. The molecule has 2 aromatic heterocycles. The van der Waals surface area contributed by atoms with E-state index in [2.05, 4.69) is 42.1 Å². The van der Waals surface area contributed by atoms with Gasteiger partial charge in [-0.2, -0.15) is 0 Å². The van der Waals surface area contributed by atoms with E-state index in [0.717, 1.165) is 22.5 Å². The van der Waals surface area contributed by atoms with Crippen molar-refractivity contribution in [3.63, 3.8) is 0 Å². The van der Waals surface area contributed by atoms with Gasteiger partial charge < -0.3 is 5.32 Å². The molecule has 2 unspecified atom stereocenters. The van der Waals surface area contributed by atoms with Crippen LogP contribution < -0.4 is 5.32 Å². The lowest BCUT2D eigenvalue weighted by Crippen LogP contribution is -2.25. The van der Waals surface area contributed by atoms with Gasteiger partial charge in [-0.25, -0.2) is 9.97 Å². The van der Waals surface area contributed by atoms with Crippen molar-refractivity contribution in [3.8, 4) is 0 Å². The van der Waals surface area contributed by atoms with Crippen LogP contribution in [0.25, 0.3) is 10.2 Å². The van der Waals surface area contributed by atoms with Gasteiger partial charge in [-0.05, 0) is 25.3 Å². The Bertz CT molecular complexity index is 526. The quantitative estimate of drug-likeness (QED) is 0.845. The second kappa shape index (κ2) is 5.85. The molecule has 2 rings (SSSR count). The number of halogens is 1. The van der Waals surface area contributed by atoms with E-state index in [4.69, 9.17) is 11.6 Å². The number of fused-ring (bicyclic) bond motifs is 1. The summed E-state index contributed by atoms with van der Waals surface area (Å²) in [7, 11) is 0. The standard InChI is InChI=1S/C13H18ClN3S/c1-4-10-5-11-12(15-7-16-13(11)18-10)17-9(3)8(2)6-14/h5,7-9H,4,6H2,1-3H3,(H,15,16,17). The molecule has 0 fully saturated rings. The number of aryl methyl sites for hydroxylation is 1. The van der Waals surface area contributed by atoms with Crippen molar-refractivity contribution in [1.29, 1.82) is 0 Å². The lowest BCUT2D eigenvalue weighted by Gasteiger charge is -2.19. The van der Waals surface area contributed by atoms with Crippen LogP contribution in [0.15, 0.2) is 12.4 Å². The normalized spacial score (nSPS) is 14.7. The van der Waals surface area contributed by atoms with Crippen LogP contribution in [-0.2, 0) is 6.42 Å². The van der Waals surface area contributed by atoms with E-state index in [-0.39, 0.29) is 0 Å². The molecule has 0 aromatic carbocycles. The predicted molar refractivity (Wildman–Crippen MR) is 79.8 cm³/mol. The summed E-state index contributed by atoms with van der Waals surface area (Å²) in [5.41, 5.74) is 0. The molecule has 2 aromatic rings. The first-order valence-corrected chi connectivity index (χ1v) is 7.56. The fourth-order valence-corrected chi connectivity index (χ4v) is 2.89. The van der Waals surface area contributed by atoms with E-state index >= 15 is 0 Å². The van der Waals surface area contributed by atoms with Gasteiger partial charge in [0.1, 0.15) is 17.0 Å². The maximum Gasteiger partial charge on any atom is 0.138 e. The second-order valence-electron chi connectivity index (χ2n) is 4.57. The SMILES string of the molecule is CCc1cc2c(NC(C)C(C)CCl)ncnc2s1. The van der Waals surface area contributed by atoms with Crippen molar-refractivity contribution >= 4 is 39.0 Å². The van der Waals surface area contributed by atoms with Crippen LogP contribution in [0.1, 0.15) is 25.6 Å². The minimum atomic E-state index is 0.297. The third-order valence-corrected chi connectivity index (χ3v) is 4.86. The first kappa shape index (κ1) is 13.6. The van der Waals surface area contributed by atoms with Gasteiger partial charge in [0.05, 0.1) is 5.39 Å². The molecule has 2 heterocycles. The number of thiophene rings is 1. The molecular formula is C13H18ClN3S. The molecule has 0 radical (unpaired) electrons. The van der Waals surface area contributed by atoms with E-state index in [0.29, 0.717) is 17.8 Å². The van der Waals surface area contributed by atoms with E-state index < -0.39 is 0 Å². The first-order chi connectivity index (χ1) is 8.65. The number of anilines is 1. The van der Waals surface area contributed by atoms with Gasteiger partial charge in [-0.15, -0.1) is 22.9 Å². The summed E-state index contributed by atoms with van der Waals surface area (Å²) < 4.78 is 0. The Morgan fingerprint density at radius 1 is 1.39 bits per heavy atom. The van der Waals surface area contributed by atoms with Crippen molar-refractivity contribution in [2.45, 2.75) is 33.2 Å². The Balaban J connectivity index is 2.30. The maximum absolute atomic E-state index is 5.89. The summed E-state index contributed by atoms with van der Waals surface area (Å²) in [5, 5.41) is 4.56. The highest BCUT2D eigenvalue weighted by atomic mass is 35.5. The molecule has 0 amide bonds. The Kier molecular flexibility index (Phi) is 4.40. The van der Waals surface area contributed by atoms with Crippen LogP contribution in [0.5, 0.6) is 0 Å². The zero-order valence-corrected chi connectivity index (χ0v) is 12.5. The largest absolute Gasteiger partial charge is 0.367 e. The van der Waals surface area contributed by atoms with E-state index in [9.17, 15) is 0 Å². The van der Waals surface area contributed by atoms with Crippen molar-refractivity contribution in [3.05, 3.63) is 17.3 Å². The third-order valence-electron chi connectivity index (χ3n) is 3.19. The molecule has 0 saturated heterocycles. The first-order valence-electron chi connectivity index (χ1n) is 6.21.